The molecular formula is C28H36N6O4. The lowest BCUT2D eigenvalue weighted by Gasteiger charge is -2.39. The highest BCUT2D eigenvalue weighted by Crippen LogP contribution is 2.50. The predicted octanol–water partition coefficient (Wildman–Crippen LogP) is 1.27. The first-order valence-corrected chi connectivity index (χ1v) is 13.8. The number of rotatable bonds is 5. The van der Waals surface area contributed by atoms with Crippen molar-refractivity contribution in [2.75, 3.05) is 62.3 Å². The molecule has 0 radical (unpaired) electrons. The maximum Gasteiger partial charge on any atom is 0.255 e. The number of nitrogens with zero attached hydrogens (tertiary/aromatic N) is 4. The zero-order valence-corrected chi connectivity index (χ0v) is 22.1. The van der Waals surface area contributed by atoms with Gasteiger partial charge in [-0.1, -0.05) is 6.07 Å². The summed E-state index contributed by atoms with van der Waals surface area (Å²) in [6.45, 7) is 7.52. The molecular weight excluding hydrogens is 484 g/mol. The molecule has 10 nitrogen and oxygen atoms in total. The monoisotopic (exact) mass is 520 g/mol. The van der Waals surface area contributed by atoms with Crippen LogP contribution >= 0.6 is 0 Å². The van der Waals surface area contributed by atoms with Crippen molar-refractivity contribution in [3.05, 3.63) is 50.4 Å². The maximum absolute atomic E-state index is 14.2. The molecule has 3 aliphatic heterocycles. The van der Waals surface area contributed by atoms with Crippen LogP contribution < -0.4 is 21.1 Å². The molecule has 0 saturated carbocycles. The molecule has 202 valence electrons. The van der Waals surface area contributed by atoms with Crippen LogP contribution in [-0.4, -0.2) is 79.2 Å². The fraction of sp³-hybridized carbons (Fsp3) is 0.571. The number of aromatic nitrogens is 2. The lowest BCUT2D eigenvalue weighted by atomic mass is 9.73. The van der Waals surface area contributed by atoms with Gasteiger partial charge in [-0.25, -0.2) is 4.98 Å². The first kappa shape index (κ1) is 25.1. The van der Waals surface area contributed by atoms with E-state index in [1.54, 1.807) is 6.07 Å². The Kier molecular flexibility index (Phi) is 6.47. The van der Waals surface area contributed by atoms with E-state index in [4.69, 9.17) is 15.5 Å². The third-order valence-corrected chi connectivity index (χ3v) is 8.98. The van der Waals surface area contributed by atoms with Gasteiger partial charge >= 0.3 is 0 Å². The second-order valence-corrected chi connectivity index (χ2v) is 11.0. The zero-order valence-electron chi connectivity index (χ0n) is 22.1. The van der Waals surface area contributed by atoms with Crippen LogP contribution in [0.5, 0.6) is 0 Å². The number of hydrogen-bond acceptors (Lipinski definition) is 7. The van der Waals surface area contributed by atoms with E-state index in [-0.39, 0.29) is 11.5 Å². The molecule has 2 fully saturated rings. The molecule has 0 atom stereocenters. The van der Waals surface area contributed by atoms with E-state index < -0.39 is 11.3 Å². The van der Waals surface area contributed by atoms with Crippen LogP contribution in [0, 0.1) is 6.92 Å². The van der Waals surface area contributed by atoms with Gasteiger partial charge in [0, 0.05) is 50.4 Å². The van der Waals surface area contributed by atoms with Crippen molar-refractivity contribution >= 4 is 23.5 Å². The van der Waals surface area contributed by atoms with Gasteiger partial charge in [-0.2, -0.15) is 0 Å². The number of aromatic amines is 1. The van der Waals surface area contributed by atoms with Gasteiger partial charge in [-0.05, 0) is 62.6 Å². The Morgan fingerprint density at radius 3 is 2.55 bits per heavy atom. The summed E-state index contributed by atoms with van der Waals surface area (Å²) < 4.78 is 5.48. The highest BCUT2D eigenvalue weighted by molar-refractivity contribution is 6.10. The Hall–Kier alpha value is -3.24. The highest BCUT2D eigenvalue weighted by Gasteiger charge is 2.53. The van der Waals surface area contributed by atoms with Crippen molar-refractivity contribution in [1.82, 2.24) is 14.9 Å². The summed E-state index contributed by atoms with van der Waals surface area (Å²) in [5, 5.41) is 0. The number of carbonyl (C=O) groups excluding carboxylic acids is 2. The molecule has 0 bridgehead atoms. The van der Waals surface area contributed by atoms with Gasteiger partial charge in [-0.3, -0.25) is 24.3 Å². The molecule has 1 aromatic heterocycles. The SMILES string of the molecule is Cc1c(C(N)=O)ccc2c1N(CCN1CCOCC1)C(=O)C21CCN(c2nc3c(c(=O)[nH]2)CCCC3)CC1. The molecule has 3 N–H and O–H groups in total. The van der Waals surface area contributed by atoms with Gasteiger partial charge in [0.05, 0.1) is 30.0 Å². The van der Waals surface area contributed by atoms with Crippen LogP contribution in [0.3, 0.4) is 0 Å². The Labute approximate surface area is 222 Å². The number of ether oxygens (including phenoxy) is 1. The molecule has 2 saturated heterocycles. The minimum Gasteiger partial charge on any atom is -0.379 e. The molecule has 1 aliphatic carbocycles. The fourth-order valence-corrected chi connectivity index (χ4v) is 6.78. The molecule has 2 amide bonds. The number of amides is 2. The standard InChI is InChI=1S/C28H36N6O4/c1-18-19(24(29)35)6-7-21-23(18)34(13-12-32-14-16-38-17-15-32)26(37)28(21)8-10-33(11-9-28)27-30-22-5-3-2-4-20(22)25(36)31-27/h6-7H,2-5,8-17H2,1H3,(H2,29,35)(H,30,31,36). The molecule has 1 aromatic carbocycles. The smallest absolute Gasteiger partial charge is 0.255 e. The molecule has 10 heteroatoms. The van der Waals surface area contributed by atoms with E-state index in [9.17, 15) is 14.4 Å². The van der Waals surface area contributed by atoms with Crippen LogP contribution in [-0.2, 0) is 27.8 Å². The minimum atomic E-state index is -0.660. The number of H-pyrrole nitrogens is 1. The summed E-state index contributed by atoms with van der Waals surface area (Å²) in [4.78, 5) is 53.2. The summed E-state index contributed by atoms with van der Waals surface area (Å²) in [7, 11) is 0. The van der Waals surface area contributed by atoms with Gasteiger partial charge in [0.25, 0.3) is 5.56 Å². The Morgan fingerprint density at radius 2 is 1.82 bits per heavy atom. The quantitative estimate of drug-likeness (QED) is 0.608. The maximum atomic E-state index is 14.2. The van der Waals surface area contributed by atoms with Crippen molar-refractivity contribution in [3.8, 4) is 0 Å². The Morgan fingerprint density at radius 1 is 1.08 bits per heavy atom. The van der Waals surface area contributed by atoms with Gasteiger partial charge in [0.1, 0.15) is 0 Å². The lowest BCUT2D eigenvalue weighted by molar-refractivity contribution is -0.124. The number of anilines is 2. The van der Waals surface area contributed by atoms with E-state index in [0.29, 0.717) is 57.2 Å². The first-order chi connectivity index (χ1) is 18.4. The Balaban J connectivity index is 1.29. The summed E-state index contributed by atoms with van der Waals surface area (Å²) in [6, 6.07) is 3.70. The van der Waals surface area contributed by atoms with Crippen molar-refractivity contribution in [3.63, 3.8) is 0 Å². The van der Waals surface area contributed by atoms with Crippen molar-refractivity contribution in [1.29, 1.82) is 0 Å². The topological polar surface area (TPSA) is 125 Å². The Bertz CT molecular complexity index is 1320. The molecule has 4 heterocycles. The van der Waals surface area contributed by atoms with Gasteiger partial charge < -0.3 is 20.3 Å². The van der Waals surface area contributed by atoms with Crippen LogP contribution in [0.25, 0.3) is 0 Å². The number of piperidine rings is 1. The number of hydrogen-bond donors (Lipinski definition) is 2. The average molecular weight is 521 g/mol. The van der Waals surface area contributed by atoms with E-state index in [1.165, 1.54) is 0 Å². The van der Waals surface area contributed by atoms with Crippen molar-refractivity contribution < 1.29 is 14.3 Å². The fourth-order valence-electron chi connectivity index (χ4n) is 6.78. The molecule has 1 spiro atoms. The molecule has 6 rings (SSSR count). The number of nitrogens with one attached hydrogen (secondary N) is 1. The number of nitrogens with two attached hydrogens (primary N) is 1. The number of carbonyl (C=O) groups is 2. The number of primary amides is 1. The zero-order chi connectivity index (χ0) is 26.4. The van der Waals surface area contributed by atoms with Crippen molar-refractivity contribution in [2.24, 2.45) is 5.73 Å². The largest absolute Gasteiger partial charge is 0.379 e. The normalized spacial score (nSPS) is 21.0. The van der Waals surface area contributed by atoms with E-state index in [1.807, 2.05) is 17.9 Å². The summed E-state index contributed by atoms with van der Waals surface area (Å²) in [5.41, 5.74) is 9.79. The van der Waals surface area contributed by atoms with Gasteiger partial charge in [0.2, 0.25) is 17.8 Å². The third kappa shape index (κ3) is 4.10. The average Bonchev–Trinajstić information content (AvgIpc) is 3.16. The highest BCUT2D eigenvalue weighted by atomic mass is 16.5. The predicted molar refractivity (Wildman–Crippen MR) is 144 cm³/mol. The van der Waals surface area contributed by atoms with Crippen LogP contribution in [0.15, 0.2) is 16.9 Å². The van der Waals surface area contributed by atoms with Crippen LogP contribution in [0.4, 0.5) is 11.6 Å². The van der Waals surface area contributed by atoms with Crippen molar-refractivity contribution in [2.45, 2.75) is 50.9 Å². The number of aryl methyl sites for hydroxylation is 1. The summed E-state index contributed by atoms with van der Waals surface area (Å²) in [6.07, 6.45) is 4.95. The van der Waals surface area contributed by atoms with Gasteiger partial charge in [0.15, 0.2) is 0 Å². The summed E-state index contributed by atoms with van der Waals surface area (Å²) >= 11 is 0. The molecule has 4 aliphatic rings. The molecule has 38 heavy (non-hydrogen) atoms. The lowest BCUT2D eigenvalue weighted by Crippen LogP contribution is -2.50. The third-order valence-electron chi connectivity index (χ3n) is 8.98. The second kappa shape index (κ2) is 9.81. The second-order valence-electron chi connectivity index (χ2n) is 11.0. The van der Waals surface area contributed by atoms with E-state index in [0.717, 1.165) is 73.4 Å². The minimum absolute atomic E-state index is 0.0313. The molecule has 0 unspecified atom stereocenters. The van der Waals surface area contributed by atoms with Crippen LogP contribution in [0.1, 0.15) is 58.4 Å². The van der Waals surface area contributed by atoms with Gasteiger partial charge in [-0.15, -0.1) is 0 Å². The van der Waals surface area contributed by atoms with Crippen LogP contribution in [0.2, 0.25) is 0 Å². The number of benzene rings is 1. The van der Waals surface area contributed by atoms with E-state index in [2.05, 4.69) is 14.8 Å². The number of morpholine rings is 1. The first-order valence-electron chi connectivity index (χ1n) is 13.8. The van der Waals surface area contributed by atoms with E-state index >= 15 is 0 Å². The summed E-state index contributed by atoms with van der Waals surface area (Å²) in [5.74, 6) is 0.224. The number of fused-ring (bicyclic) bond motifs is 3. The molecule has 2 aromatic rings.